The third-order valence-electron chi connectivity index (χ3n) is 4.05. The fraction of sp³-hybridized carbons (Fsp3) is 0.533. The molecule has 1 aromatic carbocycles. The Kier molecular flexibility index (Phi) is 3.78. The Labute approximate surface area is 119 Å². The number of likely N-dealkylation sites (tertiary alicyclic amines) is 1. The molecule has 0 radical (unpaired) electrons. The molecule has 2 saturated heterocycles. The number of amides is 1. The number of hydrogen-bond acceptors (Lipinski definition) is 4. The van der Waals surface area contributed by atoms with Gasteiger partial charge in [0.25, 0.3) is 0 Å². The Balaban J connectivity index is 1.66. The Morgan fingerprint density at radius 3 is 2.85 bits per heavy atom. The van der Waals surface area contributed by atoms with Gasteiger partial charge in [0.05, 0.1) is 6.04 Å². The zero-order valence-electron chi connectivity index (χ0n) is 11.6. The van der Waals surface area contributed by atoms with Crippen molar-refractivity contribution >= 4 is 11.8 Å². The van der Waals surface area contributed by atoms with Crippen LogP contribution in [0.4, 0.5) is 10.5 Å². The highest BCUT2D eigenvalue weighted by Crippen LogP contribution is 2.20. The fourth-order valence-electron chi connectivity index (χ4n) is 2.99. The Bertz CT molecular complexity index is 486. The minimum atomic E-state index is -0.211. The predicted molar refractivity (Wildman–Crippen MR) is 77.2 cm³/mol. The van der Waals surface area contributed by atoms with Gasteiger partial charge in [-0.2, -0.15) is 0 Å². The summed E-state index contributed by atoms with van der Waals surface area (Å²) in [6, 6.07) is 7.84. The molecule has 108 valence electrons. The van der Waals surface area contributed by atoms with Crippen molar-refractivity contribution in [2.24, 2.45) is 0 Å². The first kappa shape index (κ1) is 13.2. The number of nitrogens with two attached hydrogens (primary N) is 1. The van der Waals surface area contributed by atoms with Crippen molar-refractivity contribution in [1.82, 2.24) is 9.80 Å². The number of ether oxygens (including phenoxy) is 1. The van der Waals surface area contributed by atoms with E-state index in [1.807, 2.05) is 29.2 Å². The van der Waals surface area contributed by atoms with Gasteiger partial charge in [-0.3, -0.25) is 4.90 Å². The van der Waals surface area contributed by atoms with Gasteiger partial charge in [0.2, 0.25) is 0 Å². The summed E-state index contributed by atoms with van der Waals surface area (Å²) in [6.07, 6.45) is 2.31. The van der Waals surface area contributed by atoms with Gasteiger partial charge in [0, 0.05) is 18.8 Å². The molecular weight excluding hydrogens is 254 g/mol. The average molecular weight is 275 g/mol. The Morgan fingerprint density at radius 1 is 1.30 bits per heavy atom. The summed E-state index contributed by atoms with van der Waals surface area (Å²) < 4.78 is 5.22. The lowest BCUT2D eigenvalue weighted by Crippen LogP contribution is -2.41. The Morgan fingerprint density at radius 2 is 2.10 bits per heavy atom. The molecule has 2 aliphatic rings. The summed E-state index contributed by atoms with van der Waals surface area (Å²) in [5.41, 5.74) is 7.57. The van der Waals surface area contributed by atoms with Crippen molar-refractivity contribution in [2.45, 2.75) is 25.4 Å². The zero-order chi connectivity index (χ0) is 13.9. The topological polar surface area (TPSA) is 58.8 Å². The number of anilines is 1. The first-order chi connectivity index (χ1) is 9.72. The number of carbonyl (C=O) groups is 1. The first-order valence-electron chi connectivity index (χ1n) is 7.22. The normalized spacial score (nSPS) is 23.3. The molecule has 1 unspecified atom stereocenters. The molecule has 1 atom stereocenters. The molecule has 2 heterocycles. The van der Waals surface area contributed by atoms with Crippen LogP contribution in [-0.2, 0) is 11.3 Å². The molecule has 20 heavy (non-hydrogen) atoms. The lowest BCUT2D eigenvalue weighted by molar-refractivity contribution is 0.154. The van der Waals surface area contributed by atoms with Crippen LogP contribution in [0.2, 0.25) is 0 Å². The van der Waals surface area contributed by atoms with Gasteiger partial charge in [-0.1, -0.05) is 12.1 Å². The first-order valence-corrected chi connectivity index (χ1v) is 7.22. The number of cyclic esters (lactones) is 1. The molecule has 0 bridgehead atoms. The third-order valence-corrected chi connectivity index (χ3v) is 4.05. The van der Waals surface area contributed by atoms with E-state index >= 15 is 0 Å². The summed E-state index contributed by atoms with van der Waals surface area (Å²) in [6.45, 7) is 4.25. The summed E-state index contributed by atoms with van der Waals surface area (Å²) in [4.78, 5) is 16.1. The predicted octanol–water partition coefficient (Wildman–Crippen LogP) is 1.69. The SMILES string of the molecule is Nc1cccc(CN2C(=O)OCC2CN2CCCC2)c1. The van der Waals surface area contributed by atoms with Crippen molar-refractivity contribution in [1.29, 1.82) is 0 Å². The average Bonchev–Trinajstić information content (AvgIpc) is 3.04. The number of benzene rings is 1. The van der Waals surface area contributed by atoms with E-state index in [1.165, 1.54) is 12.8 Å². The van der Waals surface area contributed by atoms with Crippen molar-refractivity contribution in [2.75, 3.05) is 32.0 Å². The maximum Gasteiger partial charge on any atom is 0.410 e. The lowest BCUT2D eigenvalue weighted by atomic mass is 10.1. The van der Waals surface area contributed by atoms with E-state index in [4.69, 9.17) is 10.5 Å². The second-order valence-electron chi connectivity index (χ2n) is 5.61. The fourth-order valence-corrected chi connectivity index (χ4v) is 2.99. The van der Waals surface area contributed by atoms with Gasteiger partial charge in [-0.15, -0.1) is 0 Å². The van der Waals surface area contributed by atoms with E-state index in [-0.39, 0.29) is 12.1 Å². The molecule has 2 fully saturated rings. The van der Waals surface area contributed by atoms with Crippen LogP contribution in [0.5, 0.6) is 0 Å². The van der Waals surface area contributed by atoms with Crippen LogP contribution in [-0.4, -0.2) is 48.2 Å². The largest absolute Gasteiger partial charge is 0.447 e. The van der Waals surface area contributed by atoms with Crippen LogP contribution < -0.4 is 5.73 Å². The standard InChI is InChI=1S/C15H21N3O2/c16-13-5-3-4-12(8-13)9-18-14(11-20-15(18)19)10-17-6-1-2-7-17/h3-5,8,14H,1-2,6-7,9-11,16H2. The van der Waals surface area contributed by atoms with Crippen molar-refractivity contribution in [3.05, 3.63) is 29.8 Å². The summed E-state index contributed by atoms with van der Waals surface area (Å²) in [7, 11) is 0. The summed E-state index contributed by atoms with van der Waals surface area (Å²) >= 11 is 0. The molecule has 3 rings (SSSR count). The number of nitrogens with zero attached hydrogens (tertiary/aromatic N) is 2. The number of nitrogen functional groups attached to an aromatic ring is 1. The van der Waals surface area contributed by atoms with E-state index in [9.17, 15) is 4.79 Å². The van der Waals surface area contributed by atoms with E-state index in [0.717, 1.165) is 30.9 Å². The Hall–Kier alpha value is -1.75. The van der Waals surface area contributed by atoms with Gasteiger partial charge in [0.15, 0.2) is 0 Å². The maximum atomic E-state index is 11.9. The highest BCUT2D eigenvalue weighted by Gasteiger charge is 2.34. The zero-order valence-corrected chi connectivity index (χ0v) is 11.6. The molecule has 0 spiro atoms. The molecule has 2 N–H and O–H groups in total. The van der Waals surface area contributed by atoms with Crippen molar-refractivity contribution < 1.29 is 9.53 Å². The smallest absolute Gasteiger partial charge is 0.410 e. The molecule has 0 saturated carbocycles. The molecule has 5 nitrogen and oxygen atoms in total. The quantitative estimate of drug-likeness (QED) is 0.849. The second kappa shape index (κ2) is 5.71. The molecule has 2 aliphatic heterocycles. The van der Waals surface area contributed by atoms with Crippen LogP contribution in [0.3, 0.4) is 0 Å². The van der Waals surface area contributed by atoms with Gasteiger partial charge in [0.1, 0.15) is 6.61 Å². The number of hydrogen-bond donors (Lipinski definition) is 1. The summed E-state index contributed by atoms with van der Waals surface area (Å²) in [5.74, 6) is 0. The van der Waals surface area contributed by atoms with Crippen LogP contribution in [0, 0.1) is 0 Å². The van der Waals surface area contributed by atoms with Crippen LogP contribution in [0.1, 0.15) is 18.4 Å². The molecule has 0 aliphatic carbocycles. The van der Waals surface area contributed by atoms with Gasteiger partial charge in [-0.25, -0.2) is 4.79 Å². The summed E-state index contributed by atoms with van der Waals surface area (Å²) in [5, 5.41) is 0. The monoisotopic (exact) mass is 275 g/mol. The van der Waals surface area contributed by atoms with Crippen LogP contribution >= 0.6 is 0 Å². The number of carbonyl (C=O) groups excluding carboxylic acids is 1. The van der Waals surface area contributed by atoms with Crippen molar-refractivity contribution in [3.63, 3.8) is 0 Å². The molecule has 0 aromatic heterocycles. The van der Waals surface area contributed by atoms with Crippen LogP contribution in [0.15, 0.2) is 24.3 Å². The molecule has 1 amide bonds. The van der Waals surface area contributed by atoms with Crippen molar-refractivity contribution in [3.8, 4) is 0 Å². The highest BCUT2D eigenvalue weighted by molar-refractivity contribution is 5.70. The molecular formula is C15H21N3O2. The van der Waals surface area contributed by atoms with E-state index in [0.29, 0.717) is 13.2 Å². The van der Waals surface area contributed by atoms with E-state index in [2.05, 4.69) is 4.90 Å². The minimum absolute atomic E-state index is 0.155. The second-order valence-corrected chi connectivity index (χ2v) is 5.61. The number of rotatable bonds is 4. The van der Waals surface area contributed by atoms with Gasteiger partial charge in [-0.05, 0) is 43.6 Å². The molecule has 5 heteroatoms. The third kappa shape index (κ3) is 2.88. The lowest BCUT2D eigenvalue weighted by Gasteiger charge is -2.25. The maximum absolute atomic E-state index is 11.9. The van der Waals surface area contributed by atoms with E-state index in [1.54, 1.807) is 0 Å². The minimum Gasteiger partial charge on any atom is -0.447 e. The highest BCUT2D eigenvalue weighted by atomic mass is 16.6. The van der Waals surface area contributed by atoms with E-state index < -0.39 is 0 Å². The van der Waals surface area contributed by atoms with Crippen LogP contribution in [0.25, 0.3) is 0 Å². The van der Waals surface area contributed by atoms with Gasteiger partial charge < -0.3 is 15.4 Å². The molecule has 1 aromatic rings. The van der Waals surface area contributed by atoms with Gasteiger partial charge >= 0.3 is 6.09 Å².